The molecule has 2 aromatic rings. The van der Waals surface area contributed by atoms with Crippen LogP contribution < -0.4 is 11.4 Å². The van der Waals surface area contributed by atoms with Crippen molar-refractivity contribution in [3.8, 4) is 0 Å². The number of nitrogens with zero attached hydrogens (tertiary/aromatic N) is 3. The molecule has 10 nitrogen and oxygen atoms in total. The summed E-state index contributed by atoms with van der Waals surface area (Å²) in [6.45, 7) is -0.306. The first kappa shape index (κ1) is 17.0. The van der Waals surface area contributed by atoms with E-state index in [0.717, 1.165) is 10.9 Å². The molecule has 0 amide bonds. The van der Waals surface area contributed by atoms with Crippen LogP contribution in [0, 0.1) is 0 Å². The van der Waals surface area contributed by atoms with Gasteiger partial charge in [0.1, 0.15) is 30.7 Å². The zero-order valence-corrected chi connectivity index (χ0v) is 12.9. The Labute approximate surface area is 141 Å². The molecule has 0 saturated carbocycles. The fourth-order valence-electron chi connectivity index (χ4n) is 2.42. The van der Waals surface area contributed by atoms with E-state index < -0.39 is 36.2 Å². The Hall–Kier alpha value is -2.82. The van der Waals surface area contributed by atoms with Crippen molar-refractivity contribution in [3.63, 3.8) is 0 Å². The number of hydrogen-bond donors (Lipinski definition) is 3. The van der Waals surface area contributed by atoms with Gasteiger partial charge in [0, 0.05) is 0 Å². The first-order chi connectivity index (χ1) is 12.0. The SMILES string of the molecule is Nc1cnn([C@@H]2O[C@H](COC(=O)c3ccccc3)[C@@H](O)[C@H]2O)c(=O)n1. The molecule has 0 aliphatic carbocycles. The van der Waals surface area contributed by atoms with Gasteiger partial charge in [-0.25, -0.2) is 9.59 Å². The molecule has 1 aromatic carbocycles. The summed E-state index contributed by atoms with van der Waals surface area (Å²) in [4.78, 5) is 27.2. The van der Waals surface area contributed by atoms with E-state index in [0.29, 0.717) is 5.56 Å². The lowest BCUT2D eigenvalue weighted by Gasteiger charge is -2.15. The van der Waals surface area contributed by atoms with Crippen molar-refractivity contribution in [2.75, 3.05) is 12.3 Å². The predicted molar refractivity (Wildman–Crippen MR) is 83.4 cm³/mol. The lowest BCUT2D eigenvalue weighted by atomic mass is 10.1. The van der Waals surface area contributed by atoms with Gasteiger partial charge in [0.05, 0.1) is 11.8 Å². The molecule has 0 unspecified atom stereocenters. The molecule has 3 rings (SSSR count). The molecule has 0 radical (unpaired) electrons. The average Bonchev–Trinajstić information content (AvgIpc) is 2.89. The Morgan fingerprint density at radius 3 is 2.68 bits per heavy atom. The van der Waals surface area contributed by atoms with Crippen LogP contribution in [-0.2, 0) is 9.47 Å². The van der Waals surface area contributed by atoms with Crippen LogP contribution in [0.25, 0.3) is 0 Å². The number of aromatic nitrogens is 3. The number of rotatable bonds is 4. The number of nitrogens with two attached hydrogens (primary N) is 1. The van der Waals surface area contributed by atoms with Crippen molar-refractivity contribution in [1.29, 1.82) is 0 Å². The Bertz CT molecular complexity index is 811. The molecule has 1 aliphatic heterocycles. The molecule has 1 aliphatic rings. The van der Waals surface area contributed by atoms with E-state index >= 15 is 0 Å². The van der Waals surface area contributed by atoms with Gasteiger partial charge in [0.2, 0.25) is 0 Å². The number of anilines is 1. The third-order valence-corrected chi connectivity index (χ3v) is 3.70. The van der Waals surface area contributed by atoms with E-state index in [2.05, 4.69) is 10.1 Å². The normalized spacial score (nSPS) is 25.7. The lowest BCUT2D eigenvalue weighted by molar-refractivity contribution is -0.0657. The highest BCUT2D eigenvalue weighted by Crippen LogP contribution is 2.28. The zero-order chi connectivity index (χ0) is 18.0. The minimum absolute atomic E-state index is 0.0809. The van der Waals surface area contributed by atoms with Crippen LogP contribution in [0.3, 0.4) is 0 Å². The number of nitrogen functional groups attached to an aromatic ring is 1. The second-order valence-corrected chi connectivity index (χ2v) is 5.42. The number of aliphatic hydroxyl groups excluding tert-OH is 2. The summed E-state index contributed by atoms with van der Waals surface area (Å²) in [5.41, 5.74) is 4.86. The van der Waals surface area contributed by atoms with Crippen molar-refractivity contribution in [2.24, 2.45) is 0 Å². The molecule has 4 atom stereocenters. The first-order valence-corrected chi connectivity index (χ1v) is 7.42. The van der Waals surface area contributed by atoms with Crippen LogP contribution in [0.2, 0.25) is 0 Å². The maximum atomic E-state index is 11.9. The Kier molecular flexibility index (Phi) is 4.74. The molecule has 0 bridgehead atoms. The molecule has 1 aromatic heterocycles. The molecular formula is C15H16N4O6. The van der Waals surface area contributed by atoms with Gasteiger partial charge >= 0.3 is 11.7 Å². The summed E-state index contributed by atoms with van der Waals surface area (Å²) < 4.78 is 11.3. The summed E-state index contributed by atoms with van der Waals surface area (Å²) in [5.74, 6) is -0.679. The summed E-state index contributed by atoms with van der Waals surface area (Å²) in [7, 11) is 0. The number of esters is 1. The molecule has 1 saturated heterocycles. The highest BCUT2D eigenvalue weighted by atomic mass is 16.6. The van der Waals surface area contributed by atoms with Crippen LogP contribution in [0.4, 0.5) is 5.82 Å². The molecule has 132 valence electrons. The summed E-state index contributed by atoms with van der Waals surface area (Å²) in [5, 5.41) is 23.9. The zero-order valence-electron chi connectivity index (χ0n) is 12.9. The standard InChI is InChI=1S/C15H16N4O6/c16-10-6-17-19(15(23)18-10)13-12(21)11(20)9(25-13)7-24-14(22)8-4-2-1-3-5-8/h1-6,9,11-13,20-21H,7H2,(H2,16,18,23)/t9-,11-,12-,13-/m1/s1. The van der Waals surface area contributed by atoms with Crippen LogP contribution >= 0.6 is 0 Å². The molecule has 4 N–H and O–H groups in total. The van der Waals surface area contributed by atoms with Gasteiger partial charge in [0.15, 0.2) is 6.23 Å². The summed E-state index contributed by atoms with van der Waals surface area (Å²) >= 11 is 0. The van der Waals surface area contributed by atoms with Gasteiger partial charge in [-0.3, -0.25) is 0 Å². The molecule has 1 fully saturated rings. The molecular weight excluding hydrogens is 332 g/mol. The average molecular weight is 348 g/mol. The fourth-order valence-corrected chi connectivity index (χ4v) is 2.42. The van der Waals surface area contributed by atoms with Crippen molar-refractivity contribution in [3.05, 3.63) is 52.6 Å². The second-order valence-electron chi connectivity index (χ2n) is 5.42. The highest BCUT2D eigenvalue weighted by molar-refractivity contribution is 5.89. The van der Waals surface area contributed by atoms with Crippen LogP contribution in [0.1, 0.15) is 16.6 Å². The number of hydrogen-bond acceptors (Lipinski definition) is 9. The molecule has 2 heterocycles. The lowest BCUT2D eigenvalue weighted by Crippen LogP contribution is -2.37. The summed E-state index contributed by atoms with van der Waals surface area (Å²) in [6.07, 6.45) is -4.00. The van der Waals surface area contributed by atoms with Crippen LogP contribution in [0.15, 0.2) is 41.3 Å². The smallest absolute Gasteiger partial charge is 0.368 e. The highest BCUT2D eigenvalue weighted by Gasteiger charge is 2.45. The number of carbonyl (C=O) groups excluding carboxylic acids is 1. The quantitative estimate of drug-likeness (QED) is 0.573. The van der Waals surface area contributed by atoms with E-state index in [4.69, 9.17) is 15.2 Å². The van der Waals surface area contributed by atoms with Crippen LogP contribution in [-0.4, -0.2) is 55.9 Å². The molecule has 0 spiro atoms. The third-order valence-electron chi connectivity index (χ3n) is 3.70. The monoisotopic (exact) mass is 348 g/mol. The van der Waals surface area contributed by atoms with Crippen molar-refractivity contribution < 1.29 is 24.5 Å². The third kappa shape index (κ3) is 3.50. The number of carbonyl (C=O) groups is 1. The van der Waals surface area contributed by atoms with Crippen molar-refractivity contribution in [1.82, 2.24) is 14.8 Å². The molecule has 25 heavy (non-hydrogen) atoms. The molecule has 10 heteroatoms. The van der Waals surface area contributed by atoms with E-state index in [9.17, 15) is 19.8 Å². The van der Waals surface area contributed by atoms with E-state index in [-0.39, 0.29) is 12.4 Å². The van der Waals surface area contributed by atoms with Gasteiger partial charge < -0.3 is 25.4 Å². The van der Waals surface area contributed by atoms with E-state index in [1.165, 1.54) is 0 Å². The van der Waals surface area contributed by atoms with Crippen molar-refractivity contribution in [2.45, 2.75) is 24.5 Å². The number of benzene rings is 1. The largest absolute Gasteiger partial charge is 0.459 e. The maximum absolute atomic E-state index is 11.9. The first-order valence-electron chi connectivity index (χ1n) is 7.42. The Morgan fingerprint density at radius 1 is 1.28 bits per heavy atom. The Balaban J connectivity index is 1.68. The maximum Gasteiger partial charge on any atom is 0.368 e. The number of ether oxygens (including phenoxy) is 2. The topological polar surface area (TPSA) is 150 Å². The van der Waals surface area contributed by atoms with E-state index in [1.54, 1.807) is 30.3 Å². The van der Waals surface area contributed by atoms with Gasteiger partial charge in [-0.15, -0.1) is 0 Å². The van der Waals surface area contributed by atoms with Gasteiger partial charge in [-0.1, -0.05) is 18.2 Å². The van der Waals surface area contributed by atoms with Gasteiger partial charge in [-0.05, 0) is 12.1 Å². The van der Waals surface area contributed by atoms with Gasteiger partial charge in [-0.2, -0.15) is 14.8 Å². The van der Waals surface area contributed by atoms with Crippen LogP contribution in [0.5, 0.6) is 0 Å². The van der Waals surface area contributed by atoms with Gasteiger partial charge in [0.25, 0.3) is 0 Å². The minimum Gasteiger partial charge on any atom is -0.459 e. The Morgan fingerprint density at radius 2 is 2.00 bits per heavy atom. The fraction of sp³-hybridized carbons (Fsp3) is 0.333. The minimum atomic E-state index is -1.45. The second kappa shape index (κ2) is 6.97. The predicted octanol–water partition coefficient (Wildman–Crippen LogP) is -1.30. The summed E-state index contributed by atoms with van der Waals surface area (Å²) in [6, 6.07) is 8.28. The van der Waals surface area contributed by atoms with Crippen molar-refractivity contribution >= 4 is 11.8 Å². The van der Waals surface area contributed by atoms with E-state index in [1.807, 2.05) is 0 Å². The number of aliphatic hydroxyl groups is 2.